The van der Waals surface area contributed by atoms with Crippen molar-refractivity contribution >= 4 is 27.6 Å². The number of fused-ring (bicyclic) bond motifs is 3. The Morgan fingerprint density at radius 2 is 1.32 bits per heavy atom. The van der Waals surface area contributed by atoms with Gasteiger partial charge in [-0.1, -0.05) is 48.5 Å². The van der Waals surface area contributed by atoms with Gasteiger partial charge in [-0.3, -0.25) is 0 Å². The molecule has 3 N–H and O–H groups in total. The number of nitrogens with one attached hydrogen (secondary N) is 1. The minimum absolute atomic E-state index is 0.631. The highest BCUT2D eigenvalue weighted by atomic mass is 15.2. The van der Waals surface area contributed by atoms with Gasteiger partial charge in [0, 0.05) is 16.3 Å². The Labute approximate surface area is 127 Å². The van der Waals surface area contributed by atoms with Crippen LogP contribution in [0.25, 0.3) is 33.1 Å². The summed E-state index contributed by atoms with van der Waals surface area (Å²) in [6.07, 6.45) is 0. The van der Waals surface area contributed by atoms with Crippen molar-refractivity contribution in [3.8, 4) is 11.3 Å². The molecule has 2 aromatic carbocycles. The van der Waals surface area contributed by atoms with Gasteiger partial charge in [-0.05, 0) is 18.2 Å². The van der Waals surface area contributed by atoms with E-state index in [1.165, 1.54) is 0 Å². The highest BCUT2D eigenvalue weighted by molar-refractivity contribution is 6.03. The normalized spacial score (nSPS) is 11.0. The predicted octanol–water partition coefficient (Wildman–Crippen LogP) is 3.74. The van der Waals surface area contributed by atoms with Crippen molar-refractivity contribution in [2.75, 3.05) is 5.43 Å². The Morgan fingerprint density at radius 3 is 2.05 bits per heavy atom. The van der Waals surface area contributed by atoms with Crippen molar-refractivity contribution in [2.24, 2.45) is 5.84 Å². The molecule has 2 aromatic heterocycles. The van der Waals surface area contributed by atoms with Gasteiger partial charge in [-0.2, -0.15) is 0 Å². The van der Waals surface area contributed by atoms with Crippen molar-refractivity contribution in [1.29, 1.82) is 0 Å². The molecular formula is C18H14N4. The van der Waals surface area contributed by atoms with Gasteiger partial charge in [0.25, 0.3) is 0 Å². The summed E-state index contributed by atoms with van der Waals surface area (Å²) in [5.41, 5.74) is 6.36. The average Bonchev–Trinajstić information content (AvgIpc) is 2.61. The van der Waals surface area contributed by atoms with Crippen molar-refractivity contribution in [1.82, 2.24) is 9.97 Å². The van der Waals surface area contributed by atoms with Crippen LogP contribution in [0.5, 0.6) is 0 Å². The number of hydrogen-bond acceptors (Lipinski definition) is 4. The van der Waals surface area contributed by atoms with E-state index in [0.717, 1.165) is 33.1 Å². The van der Waals surface area contributed by atoms with E-state index in [1.807, 2.05) is 36.4 Å². The predicted molar refractivity (Wildman–Crippen MR) is 90.3 cm³/mol. The molecule has 22 heavy (non-hydrogen) atoms. The molecule has 0 aliphatic carbocycles. The zero-order valence-corrected chi connectivity index (χ0v) is 11.8. The molecule has 0 spiro atoms. The van der Waals surface area contributed by atoms with Crippen molar-refractivity contribution in [2.45, 2.75) is 0 Å². The van der Waals surface area contributed by atoms with Crippen LogP contribution in [-0.4, -0.2) is 9.97 Å². The molecule has 2 heterocycles. The minimum Gasteiger partial charge on any atom is -0.308 e. The third-order valence-corrected chi connectivity index (χ3v) is 3.74. The zero-order chi connectivity index (χ0) is 14.9. The van der Waals surface area contributed by atoms with E-state index in [0.29, 0.717) is 5.82 Å². The Morgan fingerprint density at radius 1 is 0.682 bits per heavy atom. The molecule has 4 rings (SSSR count). The monoisotopic (exact) mass is 286 g/mol. The number of benzene rings is 2. The average molecular weight is 286 g/mol. The first kappa shape index (κ1) is 12.7. The maximum atomic E-state index is 5.47. The number of hydrogen-bond donors (Lipinski definition) is 2. The number of nitrogens with two attached hydrogens (primary N) is 1. The highest BCUT2D eigenvalue weighted by Gasteiger charge is 2.07. The van der Waals surface area contributed by atoms with Crippen molar-refractivity contribution < 1.29 is 0 Å². The van der Waals surface area contributed by atoms with Crippen LogP contribution in [0.2, 0.25) is 0 Å². The smallest absolute Gasteiger partial charge is 0.140 e. The molecular weight excluding hydrogens is 272 g/mol. The summed E-state index contributed by atoms with van der Waals surface area (Å²) in [7, 11) is 0. The van der Waals surface area contributed by atoms with Crippen molar-refractivity contribution in [3.63, 3.8) is 0 Å². The molecule has 4 aromatic rings. The van der Waals surface area contributed by atoms with E-state index in [4.69, 9.17) is 10.8 Å². The quantitative estimate of drug-likeness (QED) is 0.335. The minimum atomic E-state index is 0.631. The lowest BCUT2D eigenvalue weighted by Crippen LogP contribution is -2.08. The molecule has 106 valence electrons. The second-order valence-electron chi connectivity index (χ2n) is 5.11. The molecule has 0 radical (unpaired) electrons. The molecule has 0 unspecified atom stereocenters. The van der Waals surface area contributed by atoms with Crippen LogP contribution < -0.4 is 11.3 Å². The lowest BCUT2D eigenvalue weighted by molar-refractivity contribution is 1.26. The van der Waals surface area contributed by atoms with Crippen LogP contribution in [0.3, 0.4) is 0 Å². The number of hydrazine groups is 1. The van der Waals surface area contributed by atoms with E-state index in [9.17, 15) is 0 Å². The van der Waals surface area contributed by atoms with Crippen LogP contribution in [0.15, 0.2) is 66.7 Å². The van der Waals surface area contributed by atoms with E-state index >= 15 is 0 Å². The fraction of sp³-hybridized carbons (Fsp3) is 0. The summed E-state index contributed by atoms with van der Waals surface area (Å²) < 4.78 is 0. The van der Waals surface area contributed by atoms with Crippen LogP contribution >= 0.6 is 0 Å². The lowest BCUT2D eigenvalue weighted by atomic mass is 10.1. The van der Waals surface area contributed by atoms with Crippen LogP contribution in [0.4, 0.5) is 5.82 Å². The lowest BCUT2D eigenvalue weighted by Gasteiger charge is -2.07. The van der Waals surface area contributed by atoms with Gasteiger partial charge < -0.3 is 5.43 Å². The third-order valence-electron chi connectivity index (χ3n) is 3.74. The Kier molecular flexibility index (Phi) is 2.95. The highest BCUT2D eigenvalue weighted by Crippen LogP contribution is 2.26. The number of nitrogen functional groups attached to an aromatic ring is 1. The number of rotatable bonds is 2. The molecule has 0 saturated carbocycles. The number of anilines is 1. The summed E-state index contributed by atoms with van der Waals surface area (Å²) in [6, 6.07) is 22.2. The summed E-state index contributed by atoms with van der Waals surface area (Å²) in [4.78, 5) is 9.38. The summed E-state index contributed by atoms with van der Waals surface area (Å²) in [6.45, 7) is 0. The van der Waals surface area contributed by atoms with Gasteiger partial charge >= 0.3 is 0 Å². The first-order chi connectivity index (χ1) is 10.8. The maximum absolute atomic E-state index is 5.47. The van der Waals surface area contributed by atoms with E-state index in [1.54, 1.807) is 0 Å². The van der Waals surface area contributed by atoms with Crippen LogP contribution in [-0.2, 0) is 0 Å². The molecule has 0 atom stereocenters. The van der Waals surface area contributed by atoms with E-state index < -0.39 is 0 Å². The molecule has 0 saturated heterocycles. The van der Waals surface area contributed by atoms with Crippen LogP contribution in [0.1, 0.15) is 0 Å². The molecule has 0 fully saturated rings. The Bertz CT molecular complexity index is 964. The SMILES string of the molecule is NNc1ccc2ccc3ccc(-c4ccccc4)nc3c2n1. The van der Waals surface area contributed by atoms with Gasteiger partial charge in [0.1, 0.15) is 5.82 Å². The summed E-state index contributed by atoms with van der Waals surface area (Å²) >= 11 is 0. The number of nitrogens with zero attached hydrogens (tertiary/aromatic N) is 2. The van der Waals surface area contributed by atoms with Gasteiger partial charge in [0.2, 0.25) is 0 Å². The first-order valence-electron chi connectivity index (χ1n) is 7.08. The van der Waals surface area contributed by atoms with E-state index in [-0.39, 0.29) is 0 Å². The molecule has 0 aliphatic heterocycles. The first-order valence-corrected chi connectivity index (χ1v) is 7.08. The standard InChI is InChI=1S/C18H14N4/c19-22-16-11-9-14-7-6-13-8-10-15(12-4-2-1-3-5-12)20-17(13)18(14)21-16/h1-11H,19H2,(H,21,22). The second kappa shape index (κ2) is 5.09. The third kappa shape index (κ3) is 2.06. The summed E-state index contributed by atoms with van der Waals surface area (Å²) in [5, 5.41) is 2.11. The van der Waals surface area contributed by atoms with Gasteiger partial charge in [0.15, 0.2) is 0 Å². The molecule has 0 amide bonds. The van der Waals surface area contributed by atoms with Crippen molar-refractivity contribution in [3.05, 3.63) is 66.7 Å². The van der Waals surface area contributed by atoms with Gasteiger partial charge in [-0.15, -0.1) is 0 Å². The fourth-order valence-electron chi connectivity index (χ4n) is 2.62. The maximum Gasteiger partial charge on any atom is 0.140 e. The molecule has 0 aliphatic rings. The molecule has 0 bridgehead atoms. The zero-order valence-electron chi connectivity index (χ0n) is 11.8. The van der Waals surface area contributed by atoms with E-state index in [2.05, 4.69) is 40.7 Å². The second-order valence-corrected chi connectivity index (χ2v) is 5.11. The van der Waals surface area contributed by atoms with Gasteiger partial charge in [0.05, 0.1) is 16.7 Å². The molecule has 4 heteroatoms. The largest absolute Gasteiger partial charge is 0.308 e. The fourth-order valence-corrected chi connectivity index (χ4v) is 2.62. The Hall–Kier alpha value is -2.98. The topological polar surface area (TPSA) is 63.8 Å². The van der Waals surface area contributed by atoms with Gasteiger partial charge in [-0.25, -0.2) is 15.8 Å². The van der Waals surface area contributed by atoms with Crippen LogP contribution in [0, 0.1) is 0 Å². The Balaban J connectivity index is 2.02. The number of aromatic nitrogens is 2. The number of pyridine rings is 2. The summed E-state index contributed by atoms with van der Waals surface area (Å²) in [5.74, 6) is 6.10. The molecule has 4 nitrogen and oxygen atoms in total.